The van der Waals surface area contributed by atoms with Gasteiger partial charge in [-0.05, 0) is 111 Å². The molecule has 2 N–H and O–H groups in total. The van der Waals surface area contributed by atoms with Crippen LogP contribution in [0.25, 0.3) is 0 Å². The fourth-order valence-corrected chi connectivity index (χ4v) is 6.70. The highest BCUT2D eigenvalue weighted by Gasteiger charge is 2.48. The first-order valence-electron chi connectivity index (χ1n) is 19.0. The Bertz CT molecular complexity index is 2020. The molecule has 0 radical (unpaired) electrons. The molecule has 3 amide bonds. The Balaban J connectivity index is 1.23. The zero-order chi connectivity index (χ0) is 41.3. The monoisotopic (exact) mass is 781 g/mol. The molecule has 1 aliphatic rings. The smallest absolute Gasteiger partial charge is 0.329 e. The summed E-state index contributed by atoms with van der Waals surface area (Å²) >= 11 is 0. The Morgan fingerprint density at radius 2 is 1.40 bits per heavy atom. The molecule has 4 atom stereocenters. The second-order valence-electron chi connectivity index (χ2n) is 15.6. The molecule has 1 heterocycles. The molecule has 0 bridgehead atoms. The fourth-order valence-electron chi connectivity index (χ4n) is 6.70. The molecular weight excluding hydrogens is 733 g/mol. The number of β-lactam (4-membered cyclic amide) rings is 1. The van der Waals surface area contributed by atoms with E-state index in [0.29, 0.717) is 23.4 Å². The van der Waals surface area contributed by atoms with Crippen molar-refractivity contribution in [1.29, 1.82) is 0 Å². The van der Waals surface area contributed by atoms with Gasteiger partial charge in [0.1, 0.15) is 35.1 Å². The fraction of sp³-hybridized carbons (Fsp3) is 0.356. The molecule has 10 nitrogen and oxygen atoms in total. The largest absolute Gasteiger partial charge is 0.484 e. The van der Waals surface area contributed by atoms with Crippen molar-refractivity contribution in [3.8, 4) is 5.75 Å². The van der Waals surface area contributed by atoms with Crippen LogP contribution in [0.3, 0.4) is 0 Å². The number of ether oxygens (including phenoxy) is 2. The van der Waals surface area contributed by atoms with Crippen LogP contribution in [0.2, 0.25) is 0 Å². The Morgan fingerprint density at radius 1 is 0.789 bits per heavy atom. The van der Waals surface area contributed by atoms with Gasteiger partial charge in [0.25, 0.3) is 5.91 Å². The molecule has 300 valence electrons. The Morgan fingerprint density at radius 3 is 2.00 bits per heavy atom. The number of Topliss-reactive ketones (excluding diaryl/α,β-unsaturated/α-hetero) is 1. The number of carbonyl (C=O) groups excluding carboxylic acids is 5. The van der Waals surface area contributed by atoms with E-state index in [1.54, 1.807) is 49.9 Å². The van der Waals surface area contributed by atoms with Gasteiger partial charge in [-0.2, -0.15) is 0 Å². The van der Waals surface area contributed by atoms with Gasteiger partial charge in [0.15, 0.2) is 12.4 Å². The van der Waals surface area contributed by atoms with Crippen molar-refractivity contribution in [1.82, 2.24) is 10.6 Å². The minimum absolute atomic E-state index is 0.0290. The van der Waals surface area contributed by atoms with Crippen molar-refractivity contribution in [2.45, 2.75) is 84.0 Å². The zero-order valence-corrected chi connectivity index (χ0v) is 32.8. The Labute approximate surface area is 331 Å². The predicted molar refractivity (Wildman–Crippen MR) is 211 cm³/mol. The van der Waals surface area contributed by atoms with Crippen molar-refractivity contribution in [2.24, 2.45) is 11.8 Å². The number of benzene rings is 4. The number of nitrogens with zero attached hydrogens (tertiary/aromatic N) is 1. The van der Waals surface area contributed by atoms with Gasteiger partial charge in [0.05, 0.1) is 12.0 Å². The average Bonchev–Trinajstić information content (AvgIpc) is 3.16. The minimum atomic E-state index is -0.986. The molecular formula is C45H49F2N3O7. The van der Waals surface area contributed by atoms with E-state index in [1.807, 2.05) is 44.2 Å². The molecule has 2 unspecified atom stereocenters. The van der Waals surface area contributed by atoms with Crippen LogP contribution in [0.4, 0.5) is 14.5 Å². The summed E-state index contributed by atoms with van der Waals surface area (Å²) in [6, 6.07) is 24.5. The van der Waals surface area contributed by atoms with Crippen LogP contribution in [0.15, 0.2) is 103 Å². The van der Waals surface area contributed by atoms with E-state index in [-0.39, 0.29) is 36.9 Å². The summed E-state index contributed by atoms with van der Waals surface area (Å²) in [5.74, 6) is -3.15. The van der Waals surface area contributed by atoms with E-state index < -0.39 is 65.7 Å². The predicted octanol–water partition coefficient (Wildman–Crippen LogP) is 7.31. The maximum absolute atomic E-state index is 13.8. The third-order valence-corrected chi connectivity index (χ3v) is 9.41. The number of rotatable bonds is 17. The van der Waals surface area contributed by atoms with Crippen molar-refractivity contribution in [2.75, 3.05) is 11.5 Å². The van der Waals surface area contributed by atoms with Gasteiger partial charge in [-0.15, -0.1) is 0 Å². The van der Waals surface area contributed by atoms with Crippen LogP contribution in [0.1, 0.15) is 81.4 Å². The Hall–Kier alpha value is -5.91. The third-order valence-electron chi connectivity index (χ3n) is 9.41. The lowest BCUT2D eigenvalue weighted by atomic mass is 9.78. The highest BCUT2D eigenvalue weighted by Crippen LogP contribution is 2.46. The standard InChI is InChI=1S/C45H49F2N3O7/c1-28(2)25-37(42(53)49-38(44(55)57-45(3,4)5)26-29-9-7-6-8-10-29)48-40(52)27-56-35-21-13-31(14-22-35)41-36(23-24-39(51)30-11-15-32(46)16-12-30)43(54)50(41)34-19-17-33(47)18-20-34/h6-22,28,36-38,41H,23-27H2,1-5H3,(H,48,52)(H,49,53)/t36?,37-,38-,41?/m1/s1. The van der Waals surface area contributed by atoms with Crippen molar-refractivity contribution in [3.63, 3.8) is 0 Å². The van der Waals surface area contributed by atoms with Crippen LogP contribution >= 0.6 is 0 Å². The van der Waals surface area contributed by atoms with Gasteiger partial charge in [-0.25, -0.2) is 13.6 Å². The lowest BCUT2D eigenvalue weighted by Gasteiger charge is -2.47. The van der Waals surface area contributed by atoms with Crippen LogP contribution in [-0.4, -0.2) is 53.8 Å². The average molecular weight is 782 g/mol. The molecule has 12 heteroatoms. The summed E-state index contributed by atoms with van der Waals surface area (Å²) in [5, 5.41) is 5.56. The van der Waals surface area contributed by atoms with Crippen LogP contribution < -0.4 is 20.3 Å². The van der Waals surface area contributed by atoms with E-state index in [4.69, 9.17) is 9.47 Å². The summed E-state index contributed by atoms with van der Waals surface area (Å²) in [5.41, 5.74) is 1.64. The number of hydrogen-bond acceptors (Lipinski definition) is 7. The highest BCUT2D eigenvalue weighted by molar-refractivity contribution is 6.04. The van der Waals surface area contributed by atoms with E-state index >= 15 is 0 Å². The molecule has 4 aromatic rings. The van der Waals surface area contributed by atoms with E-state index in [9.17, 15) is 32.8 Å². The normalized spacial score (nSPS) is 16.3. The third kappa shape index (κ3) is 11.8. The number of halogens is 2. The van der Waals surface area contributed by atoms with E-state index in [2.05, 4.69) is 10.6 Å². The van der Waals surface area contributed by atoms with Crippen molar-refractivity contribution >= 4 is 35.2 Å². The number of ketones is 1. The summed E-state index contributed by atoms with van der Waals surface area (Å²) < 4.78 is 38.6. The first-order valence-corrected chi connectivity index (χ1v) is 19.0. The second-order valence-corrected chi connectivity index (χ2v) is 15.6. The molecule has 1 fully saturated rings. The van der Waals surface area contributed by atoms with Gasteiger partial charge in [0.2, 0.25) is 11.8 Å². The highest BCUT2D eigenvalue weighted by atomic mass is 19.1. The number of amides is 3. The summed E-state index contributed by atoms with van der Waals surface area (Å²) in [6.07, 6.45) is 0.816. The summed E-state index contributed by atoms with van der Waals surface area (Å²) in [6.45, 7) is 8.68. The molecule has 0 spiro atoms. The SMILES string of the molecule is CC(C)C[C@@H](NC(=O)COc1ccc(C2C(CCC(=O)c3ccc(F)cc3)C(=O)N2c2ccc(F)cc2)cc1)C(=O)N[C@H](Cc1ccccc1)C(=O)OC(C)(C)C. The second kappa shape index (κ2) is 18.8. The molecule has 5 rings (SSSR count). The summed E-state index contributed by atoms with van der Waals surface area (Å²) in [4.78, 5) is 67.8. The first kappa shape index (κ1) is 42.2. The van der Waals surface area contributed by atoms with Gasteiger partial charge >= 0.3 is 5.97 Å². The number of hydrogen-bond donors (Lipinski definition) is 2. The molecule has 1 aliphatic heterocycles. The number of anilines is 1. The first-order chi connectivity index (χ1) is 27.1. The molecule has 57 heavy (non-hydrogen) atoms. The zero-order valence-electron chi connectivity index (χ0n) is 32.8. The maximum atomic E-state index is 13.8. The maximum Gasteiger partial charge on any atom is 0.329 e. The molecule has 1 saturated heterocycles. The number of nitrogens with one attached hydrogen (secondary N) is 2. The van der Waals surface area contributed by atoms with Crippen molar-refractivity contribution < 1.29 is 42.2 Å². The minimum Gasteiger partial charge on any atom is -0.484 e. The number of esters is 1. The van der Waals surface area contributed by atoms with Gasteiger partial charge in [0, 0.05) is 24.1 Å². The van der Waals surface area contributed by atoms with Gasteiger partial charge < -0.3 is 25.0 Å². The molecule has 0 aliphatic carbocycles. The lowest BCUT2D eigenvalue weighted by molar-refractivity contribution is -0.158. The topological polar surface area (TPSA) is 131 Å². The van der Waals surface area contributed by atoms with Gasteiger partial charge in [-0.3, -0.25) is 19.2 Å². The molecule has 4 aromatic carbocycles. The molecule has 0 saturated carbocycles. The quantitative estimate of drug-likeness (QED) is 0.0653. The van der Waals surface area contributed by atoms with E-state index in [0.717, 1.165) is 11.1 Å². The van der Waals surface area contributed by atoms with Gasteiger partial charge in [-0.1, -0.05) is 56.3 Å². The summed E-state index contributed by atoms with van der Waals surface area (Å²) in [7, 11) is 0. The van der Waals surface area contributed by atoms with Crippen LogP contribution in [-0.2, 0) is 30.3 Å². The Kier molecular flexibility index (Phi) is 13.9. The van der Waals surface area contributed by atoms with E-state index in [1.165, 1.54) is 48.5 Å². The number of carbonyl (C=O) groups is 5. The molecule has 0 aromatic heterocycles. The van der Waals surface area contributed by atoms with Crippen LogP contribution in [0, 0.1) is 23.5 Å². The van der Waals surface area contributed by atoms with Crippen LogP contribution in [0.5, 0.6) is 5.75 Å². The van der Waals surface area contributed by atoms with Crippen molar-refractivity contribution in [3.05, 3.63) is 131 Å². The lowest BCUT2D eigenvalue weighted by Crippen LogP contribution is -2.55.